The highest BCUT2D eigenvalue weighted by molar-refractivity contribution is 5.79. The molecule has 0 radical (unpaired) electrons. The van der Waals surface area contributed by atoms with Crippen molar-refractivity contribution in [1.29, 1.82) is 0 Å². The van der Waals surface area contributed by atoms with Crippen molar-refractivity contribution in [2.75, 3.05) is 33.2 Å². The summed E-state index contributed by atoms with van der Waals surface area (Å²) in [5.74, 6) is 1.48. The number of carbonyl (C=O) groups excluding carboxylic acids is 1. The Morgan fingerprint density at radius 1 is 1.14 bits per heavy atom. The van der Waals surface area contributed by atoms with Gasteiger partial charge in [-0.3, -0.25) is 4.99 Å². The Kier molecular flexibility index (Phi) is 7.98. The van der Waals surface area contributed by atoms with Crippen molar-refractivity contribution in [3.05, 3.63) is 0 Å². The van der Waals surface area contributed by atoms with E-state index in [-0.39, 0.29) is 11.6 Å². The first-order valence-electron chi connectivity index (χ1n) is 10.9. The summed E-state index contributed by atoms with van der Waals surface area (Å²) in [7, 11) is 1.79. The number of guanidine groups is 1. The third kappa shape index (κ3) is 7.15. The minimum Gasteiger partial charge on any atom is -0.444 e. The summed E-state index contributed by atoms with van der Waals surface area (Å²) in [6, 6.07) is 0.857. The van der Waals surface area contributed by atoms with Crippen molar-refractivity contribution in [3.8, 4) is 0 Å². The van der Waals surface area contributed by atoms with Crippen LogP contribution < -0.4 is 16.0 Å². The molecule has 162 valence electrons. The van der Waals surface area contributed by atoms with Crippen LogP contribution in [-0.2, 0) is 4.74 Å². The molecule has 1 amide bonds. The average molecular weight is 396 g/mol. The molecule has 1 aliphatic carbocycles. The lowest BCUT2D eigenvalue weighted by molar-refractivity contribution is 0.0448. The number of nitrogens with zero attached hydrogens (tertiary/aromatic N) is 2. The van der Waals surface area contributed by atoms with Crippen molar-refractivity contribution in [3.63, 3.8) is 0 Å². The van der Waals surface area contributed by atoms with E-state index in [4.69, 9.17) is 4.74 Å². The molecule has 1 saturated heterocycles. The maximum atomic E-state index is 12.3. The summed E-state index contributed by atoms with van der Waals surface area (Å²) in [5, 5.41) is 9.95. The average Bonchev–Trinajstić information content (AvgIpc) is 3.38. The third-order valence-corrected chi connectivity index (χ3v) is 5.88. The molecule has 0 bridgehead atoms. The number of rotatable bonds is 8. The first-order valence-corrected chi connectivity index (χ1v) is 10.9. The molecule has 1 saturated carbocycles. The molecule has 1 atom stereocenters. The normalized spacial score (nSPS) is 21.5. The summed E-state index contributed by atoms with van der Waals surface area (Å²) < 4.78 is 5.45. The molecule has 7 nitrogen and oxygen atoms in total. The minimum absolute atomic E-state index is 0.365. The fraction of sp³-hybridized carbons (Fsp3) is 0.905. The molecule has 7 heteroatoms. The van der Waals surface area contributed by atoms with Crippen LogP contribution in [0.25, 0.3) is 0 Å². The van der Waals surface area contributed by atoms with Gasteiger partial charge in [0.05, 0.1) is 5.54 Å². The van der Waals surface area contributed by atoms with Crippen molar-refractivity contribution < 1.29 is 9.53 Å². The number of aliphatic imine (C=N–C) groups is 1. The molecule has 1 heterocycles. The van der Waals surface area contributed by atoms with Gasteiger partial charge in [-0.1, -0.05) is 13.8 Å². The monoisotopic (exact) mass is 395 g/mol. The third-order valence-electron chi connectivity index (χ3n) is 5.88. The van der Waals surface area contributed by atoms with Crippen molar-refractivity contribution in [2.24, 2.45) is 10.9 Å². The number of amides is 1. The second-order valence-corrected chi connectivity index (χ2v) is 9.30. The lowest BCUT2D eigenvalue weighted by Crippen LogP contribution is -2.57. The molecule has 0 spiro atoms. The molecular formula is C21H41N5O2. The predicted octanol–water partition coefficient (Wildman–Crippen LogP) is 2.72. The van der Waals surface area contributed by atoms with Crippen LogP contribution in [-0.4, -0.2) is 67.4 Å². The molecular weight excluding hydrogens is 354 g/mol. The predicted molar refractivity (Wildman–Crippen MR) is 115 cm³/mol. The summed E-state index contributed by atoms with van der Waals surface area (Å²) in [6.45, 7) is 13.8. The molecule has 3 N–H and O–H groups in total. The summed E-state index contributed by atoms with van der Waals surface area (Å²) in [4.78, 5) is 19.3. The quantitative estimate of drug-likeness (QED) is 0.435. The smallest absolute Gasteiger partial charge is 0.408 e. The van der Waals surface area contributed by atoms with Crippen LogP contribution in [0.1, 0.15) is 66.7 Å². The molecule has 0 aromatic heterocycles. The minimum atomic E-state index is -0.502. The van der Waals surface area contributed by atoms with Gasteiger partial charge in [0.2, 0.25) is 0 Å². The highest BCUT2D eigenvalue weighted by Crippen LogP contribution is 2.31. The van der Waals surface area contributed by atoms with Gasteiger partial charge in [-0.15, -0.1) is 0 Å². The topological polar surface area (TPSA) is 78.0 Å². The Bertz CT molecular complexity index is 535. The molecule has 0 aromatic carbocycles. The zero-order chi connectivity index (χ0) is 20.8. The van der Waals surface area contributed by atoms with Crippen LogP contribution in [0.15, 0.2) is 4.99 Å². The molecule has 1 aliphatic heterocycles. The van der Waals surface area contributed by atoms with Crippen molar-refractivity contribution in [1.82, 2.24) is 20.9 Å². The standard InChI is InChI=1S/C21H41N5O2/c1-7-21(8-2,25-19(27)28-20(3,4)5)15-24-18(22-6)23-13-16-11-12-26(14-16)17-9-10-17/h16-17H,7-15H2,1-6H3,(H,25,27)(H2,22,23,24). The van der Waals surface area contributed by atoms with Crippen LogP contribution >= 0.6 is 0 Å². The van der Waals surface area contributed by atoms with Crippen LogP contribution in [0.3, 0.4) is 0 Å². The maximum absolute atomic E-state index is 12.3. The van der Waals surface area contributed by atoms with Gasteiger partial charge in [-0.2, -0.15) is 0 Å². The lowest BCUT2D eigenvalue weighted by Gasteiger charge is -2.34. The second-order valence-electron chi connectivity index (χ2n) is 9.30. The van der Waals surface area contributed by atoms with Gasteiger partial charge in [0.1, 0.15) is 5.60 Å². The van der Waals surface area contributed by atoms with Crippen LogP contribution in [0, 0.1) is 5.92 Å². The molecule has 0 aromatic rings. The van der Waals surface area contributed by atoms with Gasteiger partial charge in [0.25, 0.3) is 0 Å². The zero-order valence-corrected chi connectivity index (χ0v) is 18.7. The Morgan fingerprint density at radius 3 is 2.36 bits per heavy atom. The van der Waals surface area contributed by atoms with Crippen LogP contribution in [0.4, 0.5) is 4.79 Å². The molecule has 1 unspecified atom stereocenters. The van der Waals surface area contributed by atoms with E-state index in [0.717, 1.165) is 31.4 Å². The lowest BCUT2D eigenvalue weighted by atomic mass is 9.93. The van der Waals surface area contributed by atoms with Gasteiger partial charge in [0.15, 0.2) is 5.96 Å². The highest BCUT2D eigenvalue weighted by Gasteiger charge is 2.34. The van der Waals surface area contributed by atoms with Crippen molar-refractivity contribution >= 4 is 12.1 Å². The highest BCUT2D eigenvalue weighted by atomic mass is 16.6. The Balaban J connectivity index is 1.80. The fourth-order valence-corrected chi connectivity index (χ4v) is 3.76. The molecule has 28 heavy (non-hydrogen) atoms. The number of alkyl carbamates (subject to hydrolysis) is 1. The molecule has 2 rings (SSSR count). The van der Waals surface area contributed by atoms with E-state index in [1.165, 1.54) is 32.4 Å². The largest absolute Gasteiger partial charge is 0.444 e. The van der Waals surface area contributed by atoms with Gasteiger partial charge < -0.3 is 25.6 Å². The number of likely N-dealkylation sites (tertiary alicyclic amines) is 1. The maximum Gasteiger partial charge on any atom is 0.408 e. The van der Waals surface area contributed by atoms with Gasteiger partial charge in [-0.25, -0.2) is 4.79 Å². The number of nitrogens with one attached hydrogen (secondary N) is 3. The summed E-state index contributed by atoms with van der Waals surface area (Å²) in [5.41, 5.74) is -0.867. The SMILES string of the molecule is CCC(CC)(CNC(=NC)NCC1CCN(C2CC2)C1)NC(=O)OC(C)(C)C. The van der Waals surface area contributed by atoms with E-state index < -0.39 is 5.60 Å². The molecule has 2 fully saturated rings. The van der Waals surface area contributed by atoms with Crippen molar-refractivity contribution in [2.45, 2.75) is 83.9 Å². The van der Waals surface area contributed by atoms with Gasteiger partial charge >= 0.3 is 6.09 Å². The summed E-state index contributed by atoms with van der Waals surface area (Å²) in [6.07, 6.45) is 5.27. The van der Waals surface area contributed by atoms with E-state index in [2.05, 4.69) is 39.7 Å². The Morgan fingerprint density at radius 2 is 1.82 bits per heavy atom. The number of carbonyl (C=O) groups is 1. The Hall–Kier alpha value is -1.50. The van der Waals surface area contributed by atoms with E-state index in [1.807, 2.05) is 20.8 Å². The van der Waals surface area contributed by atoms with E-state index in [0.29, 0.717) is 12.5 Å². The van der Waals surface area contributed by atoms with E-state index in [1.54, 1.807) is 7.05 Å². The van der Waals surface area contributed by atoms with Gasteiger partial charge in [-0.05, 0) is 65.3 Å². The van der Waals surface area contributed by atoms with Crippen LogP contribution in [0.2, 0.25) is 0 Å². The van der Waals surface area contributed by atoms with E-state index >= 15 is 0 Å². The zero-order valence-electron chi connectivity index (χ0n) is 18.7. The fourth-order valence-electron chi connectivity index (χ4n) is 3.76. The number of hydrogen-bond donors (Lipinski definition) is 3. The number of ether oxygens (including phenoxy) is 1. The first-order chi connectivity index (χ1) is 13.2. The van der Waals surface area contributed by atoms with Crippen LogP contribution in [0.5, 0.6) is 0 Å². The molecule has 2 aliphatic rings. The first kappa shape index (κ1) is 22.8. The Labute approximate surface area is 171 Å². The van der Waals surface area contributed by atoms with E-state index in [9.17, 15) is 4.79 Å². The number of hydrogen-bond acceptors (Lipinski definition) is 4. The second kappa shape index (κ2) is 9.81. The summed E-state index contributed by atoms with van der Waals surface area (Å²) >= 11 is 0. The van der Waals surface area contributed by atoms with Gasteiger partial charge in [0, 0.05) is 32.7 Å².